The largest absolute Gasteiger partial charge is 0.399 e. The van der Waals surface area contributed by atoms with Crippen molar-refractivity contribution in [2.75, 3.05) is 5.73 Å². The molecule has 0 aliphatic heterocycles. The fourth-order valence-electron chi connectivity index (χ4n) is 2.10. The molecular formula is C15H14N4OS. The summed E-state index contributed by atoms with van der Waals surface area (Å²) in [5.41, 5.74) is 15.0. The Labute approximate surface area is 125 Å². The number of benzene rings is 2. The lowest BCUT2D eigenvalue weighted by Gasteiger charge is -2.04. The Morgan fingerprint density at radius 1 is 1.24 bits per heavy atom. The van der Waals surface area contributed by atoms with Gasteiger partial charge in [-0.25, -0.2) is 4.98 Å². The lowest BCUT2D eigenvalue weighted by atomic mass is 10.1. The fourth-order valence-corrected chi connectivity index (χ4v) is 2.99. The maximum absolute atomic E-state index is 11.4. The molecule has 5 N–H and O–H groups in total. The summed E-state index contributed by atoms with van der Waals surface area (Å²) < 4.78 is 0. The molecule has 3 rings (SSSR count). The standard InChI is InChI=1S/C15H14N4OS/c16-10-5-6-12-13(7-10)19-15(18-12)21-8-9-3-1-2-4-11(9)14(17)20/h1-7H,8,16H2,(H2,17,20)(H,18,19). The molecule has 1 amide bonds. The summed E-state index contributed by atoms with van der Waals surface area (Å²) in [6.07, 6.45) is 0. The van der Waals surface area contributed by atoms with Gasteiger partial charge in [0.1, 0.15) is 0 Å². The van der Waals surface area contributed by atoms with E-state index in [0.717, 1.165) is 21.8 Å². The Hall–Kier alpha value is -2.47. The molecule has 5 nitrogen and oxygen atoms in total. The number of nitrogens with zero attached hydrogens (tertiary/aromatic N) is 1. The van der Waals surface area contributed by atoms with E-state index in [9.17, 15) is 4.79 Å². The number of carbonyl (C=O) groups is 1. The highest BCUT2D eigenvalue weighted by Gasteiger charge is 2.09. The van der Waals surface area contributed by atoms with Crippen LogP contribution in [0.3, 0.4) is 0 Å². The number of amides is 1. The van der Waals surface area contributed by atoms with E-state index >= 15 is 0 Å². The van der Waals surface area contributed by atoms with E-state index in [-0.39, 0.29) is 0 Å². The van der Waals surface area contributed by atoms with Crippen molar-refractivity contribution in [3.8, 4) is 0 Å². The summed E-state index contributed by atoms with van der Waals surface area (Å²) >= 11 is 1.52. The lowest BCUT2D eigenvalue weighted by Crippen LogP contribution is -2.13. The third-order valence-corrected chi connectivity index (χ3v) is 4.05. The third kappa shape index (κ3) is 2.85. The Morgan fingerprint density at radius 2 is 2.05 bits per heavy atom. The first-order valence-corrected chi connectivity index (χ1v) is 7.38. The molecule has 0 aliphatic carbocycles. The molecule has 6 heteroatoms. The average molecular weight is 298 g/mol. The van der Waals surface area contributed by atoms with Crippen molar-refractivity contribution in [2.45, 2.75) is 10.9 Å². The molecule has 0 unspecified atom stereocenters. The molecular weight excluding hydrogens is 284 g/mol. The summed E-state index contributed by atoms with van der Waals surface area (Å²) in [6.45, 7) is 0. The van der Waals surface area contributed by atoms with Gasteiger partial charge in [0, 0.05) is 17.0 Å². The predicted octanol–water partition coefficient (Wildman–Crippen LogP) is 2.54. The number of primary amides is 1. The zero-order valence-electron chi connectivity index (χ0n) is 11.2. The van der Waals surface area contributed by atoms with Gasteiger partial charge in [0.2, 0.25) is 5.91 Å². The van der Waals surface area contributed by atoms with Crippen LogP contribution >= 0.6 is 11.8 Å². The van der Waals surface area contributed by atoms with Gasteiger partial charge in [-0.3, -0.25) is 4.79 Å². The van der Waals surface area contributed by atoms with Gasteiger partial charge in [0.05, 0.1) is 11.0 Å². The second-order valence-corrected chi connectivity index (χ2v) is 5.59. The highest BCUT2D eigenvalue weighted by atomic mass is 32.2. The number of hydrogen-bond donors (Lipinski definition) is 3. The number of imidazole rings is 1. The number of nitrogens with one attached hydrogen (secondary N) is 1. The van der Waals surface area contributed by atoms with Gasteiger partial charge < -0.3 is 16.5 Å². The quantitative estimate of drug-likeness (QED) is 0.509. The predicted molar refractivity (Wildman–Crippen MR) is 85.0 cm³/mol. The molecule has 0 saturated heterocycles. The van der Waals surface area contributed by atoms with Crippen LogP contribution in [0.2, 0.25) is 0 Å². The topological polar surface area (TPSA) is 97.8 Å². The van der Waals surface area contributed by atoms with Crippen molar-refractivity contribution in [3.63, 3.8) is 0 Å². The number of nitrogen functional groups attached to an aromatic ring is 1. The lowest BCUT2D eigenvalue weighted by molar-refractivity contribution is 0.0999. The summed E-state index contributed by atoms with van der Waals surface area (Å²) in [6, 6.07) is 12.9. The number of carbonyl (C=O) groups excluding carboxylic acids is 1. The van der Waals surface area contributed by atoms with E-state index in [1.165, 1.54) is 11.8 Å². The van der Waals surface area contributed by atoms with E-state index in [1.807, 2.05) is 30.3 Å². The van der Waals surface area contributed by atoms with Crippen LogP contribution in [0.4, 0.5) is 5.69 Å². The van der Waals surface area contributed by atoms with E-state index in [2.05, 4.69) is 9.97 Å². The van der Waals surface area contributed by atoms with Crippen molar-refractivity contribution in [1.29, 1.82) is 0 Å². The van der Waals surface area contributed by atoms with Gasteiger partial charge in [0.15, 0.2) is 5.16 Å². The molecule has 0 fully saturated rings. The Kier molecular flexibility index (Phi) is 3.53. The zero-order chi connectivity index (χ0) is 14.8. The molecule has 0 spiro atoms. The molecule has 0 saturated carbocycles. The third-order valence-electron chi connectivity index (χ3n) is 3.13. The molecule has 0 atom stereocenters. The molecule has 0 bridgehead atoms. The second kappa shape index (κ2) is 5.49. The Balaban J connectivity index is 1.82. The summed E-state index contributed by atoms with van der Waals surface area (Å²) in [7, 11) is 0. The maximum atomic E-state index is 11.4. The number of H-pyrrole nitrogens is 1. The summed E-state index contributed by atoms with van der Waals surface area (Å²) in [4.78, 5) is 19.1. The number of hydrogen-bond acceptors (Lipinski definition) is 4. The zero-order valence-corrected chi connectivity index (χ0v) is 12.0. The minimum atomic E-state index is -0.413. The number of nitrogens with two attached hydrogens (primary N) is 2. The van der Waals surface area contributed by atoms with E-state index in [0.29, 0.717) is 17.0 Å². The minimum Gasteiger partial charge on any atom is -0.399 e. The molecule has 0 radical (unpaired) electrons. The van der Waals surface area contributed by atoms with Crippen molar-refractivity contribution < 1.29 is 4.79 Å². The van der Waals surface area contributed by atoms with Crippen molar-refractivity contribution >= 4 is 34.4 Å². The fraction of sp³-hybridized carbons (Fsp3) is 0.0667. The van der Waals surface area contributed by atoms with Gasteiger partial charge in [0.25, 0.3) is 0 Å². The number of aromatic nitrogens is 2. The molecule has 1 heterocycles. The first kappa shape index (κ1) is 13.5. The van der Waals surface area contributed by atoms with Gasteiger partial charge in [-0.05, 0) is 29.8 Å². The van der Waals surface area contributed by atoms with E-state index in [4.69, 9.17) is 11.5 Å². The monoisotopic (exact) mass is 298 g/mol. The van der Waals surface area contributed by atoms with Crippen LogP contribution in [0.5, 0.6) is 0 Å². The number of anilines is 1. The van der Waals surface area contributed by atoms with Crippen LogP contribution in [-0.2, 0) is 5.75 Å². The van der Waals surface area contributed by atoms with Crippen LogP contribution in [-0.4, -0.2) is 15.9 Å². The number of thioether (sulfide) groups is 1. The van der Waals surface area contributed by atoms with Crippen LogP contribution < -0.4 is 11.5 Å². The van der Waals surface area contributed by atoms with Crippen molar-refractivity contribution in [2.24, 2.45) is 5.73 Å². The van der Waals surface area contributed by atoms with Gasteiger partial charge in [-0.2, -0.15) is 0 Å². The summed E-state index contributed by atoms with van der Waals surface area (Å²) in [5, 5.41) is 0.787. The normalized spacial score (nSPS) is 10.9. The first-order valence-electron chi connectivity index (χ1n) is 6.39. The highest BCUT2D eigenvalue weighted by molar-refractivity contribution is 7.98. The molecule has 3 aromatic rings. The first-order chi connectivity index (χ1) is 10.1. The maximum Gasteiger partial charge on any atom is 0.249 e. The molecule has 21 heavy (non-hydrogen) atoms. The smallest absolute Gasteiger partial charge is 0.249 e. The summed E-state index contributed by atoms with van der Waals surface area (Å²) in [5.74, 6) is 0.206. The van der Waals surface area contributed by atoms with Crippen LogP contribution in [0.1, 0.15) is 15.9 Å². The van der Waals surface area contributed by atoms with Crippen LogP contribution in [0.15, 0.2) is 47.6 Å². The molecule has 0 aliphatic rings. The van der Waals surface area contributed by atoms with Gasteiger partial charge in [-0.1, -0.05) is 30.0 Å². The number of rotatable bonds is 4. The van der Waals surface area contributed by atoms with E-state index < -0.39 is 5.91 Å². The number of aromatic amines is 1. The highest BCUT2D eigenvalue weighted by Crippen LogP contribution is 2.25. The second-order valence-electron chi connectivity index (χ2n) is 4.63. The molecule has 1 aromatic heterocycles. The van der Waals surface area contributed by atoms with Gasteiger partial charge >= 0.3 is 0 Å². The van der Waals surface area contributed by atoms with Crippen molar-refractivity contribution in [3.05, 3.63) is 53.6 Å². The van der Waals surface area contributed by atoms with Crippen LogP contribution in [0, 0.1) is 0 Å². The molecule has 106 valence electrons. The Bertz CT molecular complexity index is 812. The SMILES string of the molecule is NC(=O)c1ccccc1CSc1nc2ccc(N)cc2[nH]1. The van der Waals surface area contributed by atoms with Crippen molar-refractivity contribution in [1.82, 2.24) is 9.97 Å². The van der Waals surface area contributed by atoms with Gasteiger partial charge in [-0.15, -0.1) is 0 Å². The number of fused-ring (bicyclic) bond motifs is 1. The minimum absolute atomic E-state index is 0.413. The van der Waals surface area contributed by atoms with Crippen LogP contribution in [0.25, 0.3) is 11.0 Å². The molecule has 2 aromatic carbocycles. The average Bonchev–Trinajstić information content (AvgIpc) is 2.87. The Morgan fingerprint density at radius 3 is 2.86 bits per heavy atom. The van der Waals surface area contributed by atoms with E-state index in [1.54, 1.807) is 12.1 Å².